The van der Waals surface area contributed by atoms with Crippen LogP contribution in [-0.2, 0) is 4.79 Å². The number of nitrogens with zero attached hydrogens (tertiary/aromatic N) is 1. The Balaban J connectivity index is 1.81. The fraction of sp³-hybridized carbons (Fsp3) is 0.391. The first-order valence-corrected chi connectivity index (χ1v) is 10.8. The predicted molar refractivity (Wildman–Crippen MR) is 112 cm³/mol. The monoisotopic (exact) mass is 417 g/mol. The third-order valence-corrected chi connectivity index (χ3v) is 6.52. The molecule has 0 amide bonds. The molecule has 1 aliphatic carbocycles. The molecule has 0 spiro atoms. The van der Waals surface area contributed by atoms with Gasteiger partial charge < -0.3 is 5.11 Å². The molecule has 0 radical (unpaired) electrons. The zero-order chi connectivity index (χ0) is 20.8. The summed E-state index contributed by atoms with van der Waals surface area (Å²) < 4.78 is 29.6. The minimum absolute atomic E-state index is 0.0406. The smallest absolute Gasteiger partial charge is 0.303 e. The van der Waals surface area contributed by atoms with Crippen molar-refractivity contribution in [2.75, 3.05) is 0 Å². The van der Waals surface area contributed by atoms with Gasteiger partial charge in [0.1, 0.15) is 11.6 Å². The number of aliphatic carboxylic acids is 1. The van der Waals surface area contributed by atoms with Gasteiger partial charge in [0.2, 0.25) is 0 Å². The number of hydrogen-bond donors (Lipinski definition) is 1. The number of hydrogen-bond acceptors (Lipinski definition) is 3. The lowest BCUT2D eigenvalue weighted by molar-refractivity contribution is -0.137. The number of rotatable bonds is 9. The van der Waals surface area contributed by atoms with Crippen LogP contribution in [0.15, 0.2) is 48.0 Å². The minimum Gasteiger partial charge on any atom is -0.481 e. The van der Waals surface area contributed by atoms with Gasteiger partial charge in [-0.05, 0) is 49.9 Å². The van der Waals surface area contributed by atoms with E-state index >= 15 is 0 Å². The van der Waals surface area contributed by atoms with Crippen molar-refractivity contribution < 1.29 is 18.7 Å². The average molecular weight is 418 g/mol. The Hall–Kier alpha value is -2.21. The molecule has 3 rings (SSSR count). The molecular formula is C23H25F2NO2S. The average Bonchev–Trinajstić information content (AvgIpc) is 3.19. The summed E-state index contributed by atoms with van der Waals surface area (Å²) in [7, 11) is 0. The fourth-order valence-electron chi connectivity index (χ4n) is 3.76. The van der Waals surface area contributed by atoms with Crippen molar-refractivity contribution in [2.45, 2.75) is 61.1 Å². The van der Waals surface area contributed by atoms with Crippen molar-refractivity contribution in [3.63, 3.8) is 0 Å². The maximum absolute atomic E-state index is 14.8. The summed E-state index contributed by atoms with van der Waals surface area (Å²) in [5.74, 6) is -2.81. The van der Waals surface area contributed by atoms with Gasteiger partial charge in [0.05, 0.1) is 10.7 Å². The summed E-state index contributed by atoms with van der Waals surface area (Å²) in [6.45, 7) is 3.66. The highest BCUT2D eigenvalue weighted by atomic mass is 32.2. The van der Waals surface area contributed by atoms with Crippen LogP contribution in [0.2, 0.25) is 0 Å². The van der Waals surface area contributed by atoms with Crippen LogP contribution in [0.25, 0.3) is 11.3 Å². The van der Waals surface area contributed by atoms with Crippen LogP contribution in [-0.4, -0.2) is 21.3 Å². The fourth-order valence-corrected chi connectivity index (χ4v) is 4.98. The highest BCUT2D eigenvalue weighted by Crippen LogP contribution is 2.35. The van der Waals surface area contributed by atoms with Crippen LogP contribution in [0, 0.1) is 11.6 Å². The first kappa shape index (κ1) is 21.5. The molecule has 1 heterocycles. The van der Waals surface area contributed by atoms with Gasteiger partial charge in [-0.25, -0.2) is 13.8 Å². The van der Waals surface area contributed by atoms with Gasteiger partial charge in [-0.1, -0.05) is 25.0 Å². The van der Waals surface area contributed by atoms with Gasteiger partial charge in [0.15, 0.2) is 0 Å². The van der Waals surface area contributed by atoms with E-state index in [9.17, 15) is 13.6 Å². The zero-order valence-electron chi connectivity index (χ0n) is 16.2. The molecule has 1 atom stereocenters. The number of carboxylic acid groups (broad SMARTS) is 1. The van der Waals surface area contributed by atoms with Crippen molar-refractivity contribution in [2.24, 2.45) is 0 Å². The van der Waals surface area contributed by atoms with E-state index in [1.165, 1.54) is 43.9 Å². The molecule has 3 nitrogen and oxygen atoms in total. The quantitative estimate of drug-likeness (QED) is 0.468. The minimum atomic E-state index is -0.925. The number of thioether (sulfide) groups is 1. The summed E-state index contributed by atoms with van der Waals surface area (Å²) >= 11 is 1.73. The molecule has 1 aromatic heterocycles. The number of aromatic nitrogens is 1. The molecule has 1 saturated carbocycles. The highest BCUT2D eigenvalue weighted by molar-refractivity contribution is 7.99. The normalized spacial score (nSPS) is 15.4. The van der Waals surface area contributed by atoms with E-state index in [0.717, 1.165) is 5.03 Å². The lowest BCUT2D eigenvalue weighted by Crippen LogP contribution is -2.05. The van der Waals surface area contributed by atoms with Crippen LogP contribution >= 0.6 is 11.8 Å². The van der Waals surface area contributed by atoms with Crippen molar-refractivity contribution in [3.8, 4) is 11.3 Å². The third-order valence-electron chi connectivity index (χ3n) is 5.25. The van der Waals surface area contributed by atoms with Crippen molar-refractivity contribution in [1.29, 1.82) is 0 Å². The van der Waals surface area contributed by atoms with Crippen molar-refractivity contribution in [1.82, 2.24) is 4.98 Å². The molecule has 2 aromatic rings. The van der Waals surface area contributed by atoms with Crippen LogP contribution in [0.1, 0.15) is 56.4 Å². The van der Waals surface area contributed by atoms with E-state index in [4.69, 9.17) is 5.11 Å². The molecule has 29 heavy (non-hydrogen) atoms. The number of carbonyl (C=O) groups is 1. The van der Waals surface area contributed by atoms with Gasteiger partial charge in [-0.2, -0.15) is 0 Å². The highest BCUT2D eigenvalue weighted by Gasteiger charge is 2.21. The Morgan fingerprint density at radius 2 is 1.97 bits per heavy atom. The maximum Gasteiger partial charge on any atom is 0.303 e. The summed E-state index contributed by atoms with van der Waals surface area (Å²) in [5.41, 5.74) is 0.870. The molecule has 154 valence electrons. The second-order valence-electron chi connectivity index (χ2n) is 7.37. The van der Waals surface area contributed by atoms with Crippen LogP contribution in [0.4, 0.5) is 8.78 Å². The van der Waals surface area contributed by atoms with Crippen LogP contribution in [0.3, 0.4) is 0 Å². The van der Waals surface area contributed by atoms with E-state index in [0.29, 0.717) is 29.3 Å². The lowest BCUT2D eigenvalue weighted by atomic mass is 9.91. The Kier molecular flexibility index (Phi) is 7.42. The number of benzene rings is 1. The van der Waals surface area contributed by atoms with Gasteiger partial charge in [0, 0.05) is 28.7 Å². The van der Waals surface area contributed by atoms with E-state index in [-0.39, 0.29) is 12.0 Å². The summed E-state index contributed by atoms with van der Waals surface area (Å²) in [5, 5.41) is 10.2. The Morgan fingerprint density at radius 3 is 2.59 bits per heavy atom. The number of carboxylic acids is 1. The Labute approximate surface area is 174 Å². The maximum atomic E-state index is 14.8. The van der Waals surface area contributed by atoms with Crippen molar-refractivity contribution >= 4 is 17.7 Å². The Morgan fingerprint density at radius 1 is 1.28 bits per heavy atom. The van der Waals surface area contributed by atoms with Gasteiger partial charge in [0.25, 0.3) is 0 Å². The van der Waals surface area contributed by atoms with E-state index in [1.807, 2.05) is 12.1 Å². The molecule has 1 N–H and O–H groups in total. The van der Waals surface area contributed by atoms with Gasteiger partial charge >= 0.3 is 5.97 Å². The van der Waals surface area contributed by atoms with Crippen molar-refractivity contribution in [3.05, 3.63) is 60.2 Å². The van der Waals surface area contributed by atoms with Gasteiger partial charge in [-0.3, -0.25) is 4.79 Å². The largest absolute Gasteiger partial charge is 0.481 e. The topological polar surface area (TPSA) is 50.2 Å². The van der Waals surface area contributed by atoms with E-state index < -0.39 is 23.5 Å². The van der Waals surface area contributed by atoms with E-state index in [1.54, 1.807) is 17.8 Å². The predicted octanol–water partition coefficient (Wildman–Crippen LogP) is 6.59. The SMILES string of the molecule is C=CC(CCCC(=O)O)c1c(F)cc(-c2cccc(SC3CCCC3)n2)cc1F. The second-order valence-corrected chi connectivity index (χ2v) is 8.69. The van der Waals surface area contributed by atoms with Crippen LogP contribution in [0.5, 0.6) is 0 Å². The zero-order valence-corrected chi connectivity index (χ0v) is 17.1. The molecular weight excluding hydrogens is 392 g/mol. The number of allylic oxidation sites excluding steroid dienone is 1. The standard InChI is InChI=1S/C23H25F2NO2S/c1-2-15(7-5-12-22(27)28)23-18(24)13-16(14-19(23)25)20-10-6-11-21(26-20)29-17-8-3-4-9-17/h2,6,10-11,13-15,17H,1,3-5,7-9,12H2,(H,27,28). The first-order chi connectivity index (χ1) is 14.0. The van der Waals surface area contributed by atoms with Crippen LogP contribution < -0.4 is 0 Å². The molecule has 6 heteroatoms. The Bertz CT molecular complexity index is 858. The second kappa shape index (κ2) is 10.0. The third kappa shape index (κ3) is 5.66. The van der Waals surface area contributed by atoms with Gasteiger partial charge in [-0.15, -0.1) is 18.3 Å². The number of pyridine rings is 1. The molecule has 1 fully saturated rings. The molecule has 0 saturated heterocycles. The first-order valence-electron chi connectivity index (χ1n) is 9.95. The summed E-state index contributed by atoms with van der Waals surface area (Å²) in [4.78, 5) is 15.3. The molecule has 0 aliphatic heterocycles. The molecule has 0 bridgehead atoms. The molecule has 1 unspecified atom stereocenters. The summed E-state index contributed by atoms with van der Waals surface area (Å²) in [6, 6.07) is 8.16. The van der Waals surface area contributed by atoms with E-state index in [2.05, 4.69) is 11.6 Å². The summed E-state index contributed by atoms with van der Waals surface area (Å²) in [6.07, 6.45) is 6.93. The number of halogens is 2. The molecule has 1 aromatic carbocycles. The molecule has 1 aliphatic rings. The lowest BCUT2D eigenvalue weighted by Gasteiger charge is -2.16.